The second-order valence-corrected chi connectivity index (χ2v) is 3.82. The van der Waals surface area contributed by atoms with E-state index in [1.165, 1.54) is 0 Å². The molecule has 0 saturated carbocycles. The van der Waals surface area contributed by atoms with Gasteiger partial charge in [0.2, 0.25) is 0 Å². The molecule has 0 saturated heterocycles. The van der Waals surface area contributed by atoms with Crippen LogP contribution in [0, 0.1) is 6.92 Å². The topological polar surface area (TPSA) is 26.3 Å². The van der Waals surface area contributed by atoms with Gasteiger partial charge >= 0.3 is 0 Å². The van der Waals surface area contributed by atoms with E-state index in [2.05, 4.69) is 6.58 Å². The van der Waals surface area contributed by atoms with E-state index in [9.17, 15) is 4.79 Å². The molecule has 0 bridgehead atoms. The molecule has 0 aliphatic rings. The van der Waals surface area contributed by atoms with E-state index < -0.39 is 0 Å². The number of ether oxygens (including phenoxy) is 1. The molecular formula is C14H18O2. The zero-order chi connectivity index (χ0) is 12.0. The van der Waals surface area contributed by atoms with E-state index in [1.807, 2.05) is 31.2 Å². The zero-order valence-corrected chi connectivity index (χ0v) is 9.90. The lowest BCUT2D eigenvalue weighted by molar-refractivity contribution is 0.0492. The van der Waals surface area contributed by atoms with Crippen molar-refractivity contribution in [2.45, 2.75) is 26.4 Å². The Labute approximate surface area is 96.9 Å². The molecule has 1 atom stereocenters. The third-order valence-electron chi connectivity index (χ3n) is 2.40. The lowest BCUT2D eigenvalue weighted by atomic mass is 10.1. The maximum absolute atomic E-state index is 11.9. The van der Waals surface area contributed by atoms with Gasteiger partial charge in [-0.1, -0.05) is 35.9 Å². The Morgan fingerprint density at radius 2 is 2.06 bits per heavy atom. The van der Waals surface area contributed by atoms with Crippen molar-refractivity contribution in [1.82, 2.24) is 0 Å². The highest BCUT2D eigenvalue weighted by Gasteiger charge is 2.14. The molecule has 1 aromatic rings. The molecule has 1 rings (SSSR count). The molecule has 2 heteroatoms. The average molecular weight is 218 g/mol. The molecule has 0 amide bonds. The maximum atomic E-state index is 11.9. The summed E-state index contributed by atoms with van der Waals surface area (Å²) in [7, 11) is 0. The summed E-state index contributed by atoms with van der Waals surface area (Å²) in [5.41, 5.74) is 1.86. The van der Waals surface area contributed by atoms with Gasteiger partial charge in [-0.25, -0.2) is 0 Å². The Bertz CT molecular complexity index is 352. The molecule has 0 spiro atoms. The first-order valence-corrected chi connectivity index (χ1v) is 5.48. The van der Waals surface area contributed by atoms with Gasteiger partial charge in [-0.05, 0) is 20.3 Å². The smallest absolute Gasteiger partial charge is 0.191 e. The Balaban J connectivity index is 2.56. The molecule has 2 nitrogen and oxygen atoms in total. The van der Waals surface area contributed by atoms with E-state index in [0.717, 1.165) is 12.0 Å². The van der Waals surface area contributed by atoms with Gasteiger partial charge in [0.25, 0.3) is 0 Å². The normalized spacial score (nSPS) is 12.1. The van der Waals surface area contributed by atoms with Crippen LogP contribution in [0.3, 0.4) is 0 Å². The van der Waals surface area contributed by atoms with Crippen LogP contribution in [-0.4, -0.2) is 18.5 Å². The largest absolute Gasteiger partial charge is 0.370 e. The fourth-order valence-electron chi connectivity index (χ4n) is 1.36. The first kappa shape index (κ1) is 12.7. The fourth-order valence-corrected chi connectivity index (χ4v) is 1.36. The predicted molar refractivity (Wildman–Crippen MR) is 65.7 cm³/mol. The average Bonchev–Trinajstić information content (AvgIpc) is 2.29. The van der Waals surface area contributed by atoms with Crippen LogP contribution in [0.25, 0.3) is 0 Å². The van der Waals surface area contributed by atoms with Gasteiger partial charge in [-0.15, -0.1) is 6.58 Å². The SMILES string of the molecule is C=CCCOC(C)C(=O)c1ccc(C)cc1. The summed E-state index contributed by atoms with van der Waals surface area (Å²) in [5.74, 6) is 0.0315. The monoisotopic (exact) mass is 218 g/mol. The van der Waals surface area contributed by atoms with Gasteiger partial charge in [0.15, 0.2) is 5.78 Å². The summed E-state index contributed by atoms with van der Waals surface area (Å²) in [6, 6.07) is 7.55. The van der Waals surface area contributed by atoms with Gasteiger partial charge in [0.05, 0.1) is 6.61 Å². The fraction of sp³-hybridized carbons (Fsp3) is 0.357. The van der Waals surface area contributed by atoms with Gasteiger partial charge in [0.1, 0.15) is 6.10 Å². The minimum Gasteiger partial charge on any atom is -0.370 e. The first-order valence-electron chi connectivity index (χ1n) is 5.48. The van der Waals surface area contributed by atoms with E-state index in [1.54, 1.807) is 13.0 Å². The number of carbonyl (C=O) groups excluding carboxylic acids is 1. The molecule has 0 fully saturated rings. The molecule has 0 N–H and O–H groups in total. The van der Waals surface area contributed by atoms with E-state index in [0.29, 0.717) is 12.2 Å². The zero-order valence-electron chi connectivity index (χ0n) is 9.90. The maximum Gasteiger partial charge on any atom is 0.191 e. The minimum absolute atomic E-state index is 0.0315. The highest BCUT2D eigenvalue weighted by atomic mass is 16.5. The Morgan fingerprint density at radius 1 is 1.44 bits per heavy atom. The number of benzene rings is 1. The van der Waals surface area contributed by atoms with E-state index >= 15 is 0 Å². The summed E-state index contributed by atoms with van der Waals surface area (Å²) < 4.78 is 5.41. The van der Waals surface area contributed by atoms with Crippen molar-refractivity contribution >= 4 is 5.78 Å². The van der Waals surface area contributed by atoms with Crippen LogP contribution in [0.5, 0.6) is 0 Å². The highest BCUT2D eigenvalue weighted by molar-refractivity contribution is 5.99. The van der Waals surface area contributed by atoms with Crippen molar-refractivity contribution in [2.24, 2.45) is 0 Å². The van der Waals surface area contributed by atoms with Crippen LogP contribution in [0.4, 0.5) is 0 Å². The van der Waals surface area contributed by atoms with Crippen molar-refractivity contribution in [3.63, 3.8) is 0 Å². The summed E-state index contributed by atoms with van der Waals surface area (Å²) in [5, 5.41) is 0. The second-order valence-electron chi connectivity index (χ2n) is 3.82. The quantitative estimate of drug-likeness (QED) is 0.416. The molecule has 0 aliphatic heterocycles. The number of hydrogen-bond donors (Lipinski definition) is 0. The lowest BCUT2D eigenvalue weighted by Gasteiger charge is -2.11. The molecule has 86 valence electrons. The van der Waals surface area contributed by atoms with Gasteiger partial charge in [-0.2, -0.15) is 0 Å². The predicted octanol–water partition coefficient (Wildman–Crippen LogP) is 3.16. The third kappa shape index (κ3) is 3.63. The van der Waals surface area contributed by atoms with Crippen LogP contribution >= 0.6 is 0 Å². The van der Waals surface area contributed by atoms with Gasteiger partial charge in [0, 0.05) is 5.56 Å². The number of carbonyl (C=O) groups is 1. The third-order valence-corrected chi connectivity index (χ3v) is 2.40. The van der Waals surface area contributed by atoms with E-state index in [4.69, 9.17) is 4.74 Å². The number of Topliss-reactive ketones (excluding diaryl/α,β-unsaturated/α-hetero) is 1. The molecular weight excluding hydrogens is 200 g/mol. The van der Waals surface area contributed by atoms with Crippen LogP contribution in [0.2, 0.25) is 0 Å². The molecule has 0 heterocycles. The van der Waals surface area contributed by atoms with Crippen molar-refractivity contribution < 1.29 is 9.53 Å². The van der Waals surface area contributed by atoms with Crippen molar-refractivity contribution in [1.29, 1.82) is 0 Å². The number of aryl methyl sites for hydroxylation is 1. The van der Waals surface area contributed by atoms with Gasteiger partial charge in [-0.3, -0.25) is 4.79 Å². The van der Waals surface area contributed by atoms with Crippen molar-refractivity contribution in [3.05, 3.63) is 48.0 Å². The summed E-state index contributed by atoms with van der Waals surface area (Å²) in [6.45, 7) is 7.93. The molecule has 16 heavy (non-hydrogen) atoms. The summed E-state index contributed by atoms with van der Waals surface area (Å²) in [6.07, 6.45) is 2.16. The molecule has 0 aromatic heterocycles. The number of ketones is 1. The summed E-state index contributed by atoms with van der Waals surface area (Å²) >= 11 is 0. The molecule has 1 unspecified atom stereocenters. The molecule has 0 radical (unpaired) electrons. The first-order chi connectivity index (χ1) is 7.65. The Morgan fingerprint density at radius 3 is 2.62 bits per heavy atom. The standard InChI is InChI=1S/C14H18O2/c1-4-5-10-16-12(3)14(15)13-8-6-11(2)7-9-13/h4,6-9,12H,1,5,10H2,2-3H3. The van der Waals surface area contributed by atoms with Crippen LogP contribution < -0.4 is 0 Å². The van der Waals surface area contributed by atoms with Crippen molar-refractivity contribution in [3.8, 4) is 0 Å². The van der Waals surface area contributed by atoms with Crippen LogP contribution in [-0.2, 0) is 4.74 Å². The number of hydrogen-bond acceptors (Lipinski definition) is 2. The lowest BCUT2D eigenvalue weighted by Crippen LogP contribution is -2.21. The summed E-state index contributed by atoms with van der Waals surface area (Å²) in [4.78, 5) is 11.9. The Kier molecular flexibility index (Phi) is 4.93. The van der Waals surface area contributed by atoms with E-state index in [-0.39, 0.29) is 11.9 Å². The van der Waals surface area contributed by atoms with Crippen LogP contribution in [0.15, 0.2) is 36.9 Å². The van der Waals surface area contributed by atoms with Crippen molar-refractivity contribution in [2.75, 3.05) is 6.61 Å². The van der Waals surface area contributed by atoms with Gasteiger partial charge < -0.3 is 4.74 Å². The molecule has 0 aliphatic carbocycles. The Hall–Kier alpha value is -1.41. The number of rotatable bonds is 6. The molecule has 1 aromatic carbocycles. The second kappa shape index (κ2) is 6.23. The van der Waals surface area contributed by atoms with Crippen LogP contribution in [0.1, 0.15) is 29.3 Å². The highest BCUT2D eigenvalue weighted by Crippen LogP contribution is 2.08. The minimum atomic E-state index is -0.386.